The number of esters is 1. The molecule has 5 rings (SSSR count). The molecule has 0 spiro atoms. The predicted molar refractivity (Wildman–Crippen MR) is 139 cm³/mol. The summed E-state index contributed by atoms with van der Waals surface area (Å²) in [6.07, 6.45) is 1.88. The molecule has 1 aromatic heterocycles. The van der Waals surface area contributed by atoms with Gasteiger partial charge in [0.15, 0.2) is 4.80 Å². The molecular weight excluding hydrogens is 456 g/mol. The van der Waals surface area contributed by atoms with Gasteiger partial charge in [-0.05, 0) is 31.1 Å². The first-order valence-corrected chi connectivity index (χ1v) is 12.3. The van der Waals surface area contributed by atoms with E-state index < -0.39 is 12.0 Å². The van der Waals surface area contributed by atoms with Gasteiger partial charge in [-0.15, -0.1) is 0 Å². The molecule has 174 valence electrons. The normalized spacial score (nSPS) is 15.5. The Bertz CT molecular complexity index is 1580. The molecule has 5 nitrogen and oxygen atoms in total. The second kappa shape index (κ2) is 9.68. The van der Waals surface area contributed by atoms with Crippen molar-refractivity contribution in [3.63, 3.8) is 0 Å². The van der Waals surface area contributed by atoms with Crippen LogP contribution in [0.2, 0.25) is 0 Å². The highest BCUT2D eigenvalue weighted by molar-refractivity contribution is 7.07. The van der Waals surface area contributed by atoms with E-state index in [1.807, 2.05) is 97.9 Å². The van der Waals surface area contributed by atoms with Gasteiger partial charge in [-0.25, -0.2) is 9.79 Å². The Morgan fingerprint density at radius 2 is 1.66 bits per heavy atom. The van der Waals surface area contributed by atoms with Gasteiger partial charge in [0.25, 0.3) is 5.56 Å². The van der Waals surface area contributed by atoms with Gasteiger partial charge in [-0.3, -0.25) is 9.36 Å². The summed E-state index contributed by atoms with van der Waals surface area (Å²) >= 11 is 1.33. The largest absolute Gasteiger partial charge is 0.463 e. The molecule has 0 amide bonds. The van der Waals surface area contributed by atoms with Crippen LogP contribution in [0.1, 0.15) is 35.2 Å². The van der Waals surface area contributed by atoms with Gasteiger partial charge in [-0.2, -0.15) is 0 Å². The molecule has 0 radical (unpaired) electrons. The molecular formula is C29H24N2O3S. The van der Waals surface area contributed by atoms with Gasteiger partial charge in [-0.1, -0.05) is 102 Å². The van der Waals surface area contributed by atoms with Gasteiger partial charge in [0.1, 0.15) is 0 Å². The van der Waals surface area contributed by atoms with Crippen molar-refractivity contribution < 1.29 is 9.53 Å². The lowest BCUT2D eigenvalue weighted by Gasteiger charge is -2.25. The number of ether oxygens (including phenoxy) is 1. The maximum atomic E-state index is 13.7. The SMILES string of the molecule is CCOC(=O)C1=C(c2ccccc2)N=c2s/c(=C\c3ccc(C)cc3)c(=O)n2[C@@H]1c1ccccc1. The minimum Gasteiger partial charge on any atom is -0.463 e. The fourth-order valence-electron chi connectivity index (χ4n) is 4.21. The van der Waals surface area contributed by atoms with Crippen LogP contribution in [0.5, 0.6) is 0 Å². The second-order valence-corrected chi connectivity index (χ2v) is 9.26. The van der Waals surface area contributed by atoms with E-state index in [0.717, 1.165) is 22.3 Å². The zero-order valence-corrected chi connectivity index (χ0v) is 20.3. The van der Waals surface area contributed by atoms with Gasteiger partial charge in [0.2, 0.25) is 0 Å². The number of thiazole rings is 1. The first kappa shape index (κ1) is 22.7. The van der Waals surface area contributed by atoms with Crippen LogP contribution >= 0.6 is 11.3 Å². The molecule has 0 fully saturated rings. The van der Waals surface area contributed by atoms with Gasteiger partial charge < -0.3 is 4.74 Å². The van der Waals surface area contributed by atoms with Crippen LogP contribution in [0.25, 0.3) is 11.8 Å². The van der Waals surface area contributed by atoms with Crippen LogP contribution < -0.4 is 14.9 Å². The van der Waals surface area contributed by atoms with E-state index in [1.165, 1.54) is 11.3 Å². The van der Waals surface area contributed by atoms with Crippen LogP contribution in [-0.2, 0) is 9.53 Å². The molecule has 35 heavy (non-hydrogen) atoms. The van der Waals surface area contributed by atoms with E-state index in [4.69, 9.17) is 9.73 Å². The zero-order chi connectivity index (χ0) is 24.4. The molecule has 6 heteroatoms. The number of aryl methyl sites for hydroxylation is 1. The molecule has 0 saturated heterocycles. The molecule has 1 atom stereocenters. The van der Waals surface area contributed by atoms with E-state index in [0.29, 0.717) is 20.6 Å². The van der Waals surface area contributed by atoms with Crippen molar-refractivity contribution in [2.75, 3.05) is 6.61 Å². The second-order valence-electron chi connectivity index (χ2n) is 8.25. The summed E-state index contributed by atoms with van der Waals surface area (Å²) in [5.74, 6) is -0.475. The molecule has 0 N–H and O–H groups in total. The number of hydrogen-bond donors (Lipinski definition) is 0. The first-order chi connectivity index (χ1) is 17.1. The highest BCUT2D eigenvalue weighted by Gasteiger charge is 2.35. The fourth-order valence-corrected chi connectivity index (χ4v) is 5.21. The molecule has 0 aliphatic carbocycles. The van der Waals surface area contributed by atoms with Crippen molar-refractivity contribution in [3.05, 3.63) is 132 Å². The van der Waals surface area contributed by atoms with E-state index >= 15 is 0 Å². The summed E-state index contributed by atoms with van der Waals surface area (Å²) in [6.45, 7) is 4.03. The minimum absolute atomic E-state index is 0.183. The first-order valence-electron chi connectivity index (χ1n) is 11.5. The average Bonchev–Trinajstić information content (AvgIpc) is 3.20. The van der Waals surface area contributed by atoms with Crippen LogP contribution in [0, 0.1) is 6.92 Å². The van der Waals surface area contributed by atoms with E-state index in [2.05, 4.69) is 0 Å². The van der Waals surface area contributed by atoms with Gasteiger partial charge in [0.05, 0.1) is 28.5 Å². The van der Waals surface area contributed by atoms with Crippen LogP contribution in [-0.4, -0.2) is 17.1 Å². The Kier molecular flexibility index (Phi) is 6.29. The van der Waals surface area contributed by atoms with E-state index in [-0.39, 0.29) is 12.2 Å². The van der Waals surface area contributed by atoms with Crippen molar-refractivity contribution in [3.8, 4) is 0 Å². The Hall–Kier alpha value is -4.03. The summed E-state index contributed by atoms with van der Waals surface area (Å²) in [6, 6.07) is 26.5. The topological polar surface area (TPSA) is 60.7 Å². The third-order valence-corrected chi connectivity index (χ3v) is 6.85. The summed E-state index contributed by atoms with van der Waals surface area (Å²) in [5.41, 5.74) is 4.41. The summed E-state index contributed by atoms with van der Waals surface area (Å²) < 4.78 is 7.66. The van der Waals surface area contributed by atoms with Crippen molar-refractivity contribution in [2.45, 2.75) is 19.9 Å². The highest BCUT2D eigenvalue weighted by atomic mass is 32.1. The number of carbonyl (C=O) groups excluding carboxylic acids is 1. The van der Waals surface area contributed by atoms with Crippen molar-refractivity contribution in [1.29, 1.82) is 0 Å². The maximum absolute atomic E-state index is 13.7. The molecule has 1 aliphatic heterocycles. The predicted octanol–water partition coefficient (Wildman–Crippen LogP) is 4.24. The highest BCUT2D eigenvalue weighted by Crippen LogP contribution is 2.34. The van der Waals surface area contributed by atoms with Crippen molar-refractivity contribution in [2.24, 2.45) is 4.99 Å². The number of carbonyl (C=O) groups is 1. The number of aromatic nitrogens is 1. The molecule has 4 aromatic rings. The Balaban J connectivity index is 1.82. The Morgan fingerprint density at radius 1 is 1.00 bits per heavy atom. The van der Waals surface area contributed by atoms with E-state index in [1.54, 1.807) is 11.5 Å². The molecule has 0 bridgehead atoms. The quantitative estimate of drug-likeness (QED) is 0.402. The lowest BCUT2D eigenvalue weighted by molar-refractivity contribution is -0.138. The molecule has 0 unspecified atom stereocenters. The summed E-state index contributed by atoms with van der Waals surface area (Å²) in [7, 11) is 0. The Morgan fingerprint density at radius 3 is 2.31 bits per heavy atom. The van der Waals surface area contributed by atoms with Gasteiger partial charge >= 0.3 is 5.97 Å². The lowest BCUT2D eigenvalue weighted by atomic mass is 9.93. The van der Waals surface area contributed by atoms with Crippen LogP contribution in [0.4, 0.5) is 0 Å². The molecule has 1 aliphatic rings. The van der Waals surface area contributed by atoms with Crippen LogP contribution in [0.3, 0.4) is 0 Å². The maximum Gasteiger partial charge on any atom is 0.338 e. The number of benzene rings is 3. The smallest absolute Gasteiger partial charge is 0.338 e. The van der Waals surface area contributed by atoms with Crippen LogP contribution in [0.15, 0.2) is 100 Å². The zero-order valence-electron chi connectivity index (χ0n) is 19.5. The standard InChI is InChI=1S/C29H24N2O3S/c1-3-34-28(33)24-25(21-10-6-4-7-11-21)30-29-31(26(24)22-12-8-5-9-13-22)27(32)23(35-29)18-20-16-14-19(2)15-17-20/h4-18,26H,3H2,1-2H3/b23-18-/t26-/m1/s1. The number of nitrogens with zero attached hydrogens (tertiary/aromatic N) is 2. The van der Waals surface area contributed by atoms with Crippen molar-refractivity contribution in [1.82, 2.24) is 4.57 Å². The molecule has 3 aromatic carbocycles. The number of fused-ring (bicyclic) bond motifs is 1. The number of rotatable bonds is 5. The lowest BCUT2D eigenvalue weighted by Crippen LogP contribution is -2.39. The summed E-state index contributed by atoms with van der Waals surface area (Å²) in [4.78, 5) is 32.5. The monoisotopic (exact) mass is 480 g/mol. The van der Waals surface area contributed by atoms with Crippen molar-refractivity contribution >= 4 is 29.1 Å². The minimum atomic E-state index is -0.651. The Labute approximate surface area is 207 Å². The van der Waals surface area contributed by atoms with E-state index in [9.17, 15) is 9.59 Å². The third-order valence-electron chi connectivity index (χ3n) is 5.86. The van der Waals surface area contributed by atoms with Gasteiger partial charge in [0, 0.05) is 5.56 Å². The average molecular weight is 481 g/mol. The molecule has 2 heterocycles. The molecule has 0 saturated carbocycles. The number of hydrogen-bond acceptors (Lipinski definition) is 5. The summed E-state index contributed by atoms with van der Waals surface area (Å²) in [5, 5.41) is 0. The third kappa shape index (κ3) is 4.40. The fraction of sp³-hybridized carbons (Fsp3) is 0.138.